The summed E-state index contributed by atoms with van der Waals surface area (Å²) < 4.78 is 53.6. The van der Waals surface area contributed by atoms with E-state index in [1.807, 2.05) is 13.8 Å². The number of anilines is 1. The number of aliphatic imine (C=N–C) groups is 1. The summed E-state index contributed by atoms with van der Waals surface area (Å²) in [4.78, 5) is 19.7. The number of alkyl halides is 2. The first-order valence-electron chi connectivity index (χ1n) is 8.46. The van der Waals surface area contributed by atoms with Gasteiger partial charge in [0.05, 0.1) is 0 Å². The predicted octanol–water partition coefficient (Wildman–Crippen LogP) is 3.38. The Balaban J connectivity index is 1.95. The molecule has 3 N–H and O–H groups in total. The van der Waals surface area contributed by atoms with Crippen LogP contribution in [-0.4, -0.2) is 29.4 Å². The molecule has 2 heterocycles. The van der Waals surface area contributed by atoms with E-state index < -0.39 is 41.4 Å². The molecule has 28 heavy (non-hydrogen) atoms. The molecule has 0 bridgehead atoms. The SMILES string of the molecule is CC(C)c1ocnc1C(=O)Nc1ccc(F)c([C@@]2(C)OC(N)=NCC2(F)F)c1. The molecule has 2 aromatic rings. The lowest BCUT2D eigenvalue weighted by molar-refractivity contribution is -0.173. The van der Waals surface area contributed by atoms with Gasteiger partial charge >= 0.3 is 5.92 Å². The zero-order chi connectivity index (χ0) is 20.7. The van der Waals surface area contributed by atoms with E-state index in [2.05, 4.69) is 15.3 Å². The molecular formula is C18H19F3N4O3. The Morgan fingerprint density at radius 1 is 1.36 bits per heavy atom. The minimum Gasteiger partial charge on any atom is -0.448 e. The molecule has 0 aliphatic carbocycles. The number of hydrogen-bond acceptors (Lipinski definition) is 6. The van der Waals surface area contributed by atoms with Crippen LogP contribution in [0.3, 0.4) is 0 Å². The Kier molecular flexibility index (Phi) is 4.82. The Morgan fingerprint density at radius 2 is 2.07 bits per heavy atom. The van der Waals surface area contributed by atoms with E-state index in [-0.39, 0.29) is 17.3 Å². The standard InChI is InChI=1S/C18H19F3N4O3/c1-9(2)14-13(24-8-27-14)15(26)25-10-4-5-12(19)11(6-10)17(3)18(20,21)7-23-16(22)28-17/h4-6,8-9H,7H2,1-3H3,(H2,22,23)(H,25,26)/t17-/m1/s1. The number of aromatic nitrogens is 1. The summed E-state index contributed by atoms with van der Waals surface area (Å²) in [7, 11) is 0. The van der Waals surface area contributed by atoms with Gasteiger partial charge in [0.25, 0.3) is 11.9 Å². The van der Waals surface area contributed by atoms with E-state index in [4.69, 9.17) is 14.9 Å². The van der Waals surface area contributed by atoms with Gasteiger partial charge in [-0.15, -0.1) is 0 Å². The lowest BCUT2D eigenvalue weighted by Crippen LogP contribution is -2.53. The maximum Gasteiger partial charge on any atom is 0.310 e. The average Bonchev–Trinajstić information content (AvgIpc) is 3.10. The van der Waals surface area contributed by atoms with Crippen LogP contribution in [0.4, 0.5) is 18.9 Å². The van der Waals surface area contributed by atoms with E-state index in [9.17, 15) is 18.0 Å². The Hall–Kier alpha value is -3.04. The van der Waals surface area contributed by atoms with E-state index >= 15 is 0 Å². The third-order valence-corrected chi connectivity index (χ3v) is 4.51. The molecule has 10 heteroatoms. The summed E-state index contributed by atoms with van der Waals surface area (Å²) in [6.07, 6.45) is 1.14. The fraction of sp³-hybridized carbons (Fsp3) is 0.389. The third kappa shape index (κ3) is 3.30. The molecule has 0 radical (unpaired) electrons. The second-order valence-electron chi connectivity index (χ2n) is 6.86. The highest BCUT2D eigenvalue weighted by Gasteiger charge is 2.57. The average molecular weight is 396 g/mol. The normalized spacial score (nSPS) is 21.2. The zero-order valence-corrected chi connectivity index (χ0v) is 15.4. The number of rotatable bonds is 4. The molecule has 1 atom stereocenters. The van der Waals surface area contributed by atoms with Gasteiger partial charge < -0.3 is 20.2 Å². The van der Waals surface area contributed by atoms with Crippen molar-refractivity contribution in [3.8, 4) is 0 Å². The Bertz CT molecular complexity index is 942. The number of carbonyl (C=O) groups is 1. The highest BCUT2D eigenvalue weighted by Crippen LogP contribution is 2.44. The first-order valence-corrected chi connectivity index (χ1v) is 8.46. The molecule has 0 saturated carbocycles. The van der Waals surface area contributed by atoms with Crippen LogP contribution in [0.25, 0.3) is 0 Å². The van der Waals surface area contributed by atoms with Crippen LogP contribution in [-0.2, 0) is 10.3 Å². The molecule has 150 valence electrons. The van der Waals surface area contributed by atoms with Gasteiger partial charge in [0.15, 0.2) is 12.1 Å². The van der Waals surface area contributed by atoms with E-state index in [1.54, 1.807) is 0 Å². The Labute approximate surface area is 158 Å². The minimum absolute atomic E-state index is 0.0581. The Morgan fingerprint density at radius 3 is 2.75 bits per heavy atom. The maximum atomic E-state index is 14.5. The lowest BCUT2D eigenvalue weighted by atomic mass is 9.87. The largest absolute Gasteiger partial charge is 0.448 e. The summed E-state index contributed by atoms with van der Waals surface area (Å²) >= 11 is 0. The van der Waals surface area contributed by atoms with Crippen molar-refractivity contribution in [1.29, 1.82) is 0 Å². The van der Waals surface area contributed by atoms with Crippen molar-refractivity contribution in [3.63, 3.8) is 0 Å². The van der Waals surface area contributed by atoms with E-state index in [1.165, 1.54) is 6.07 Å². The molecular weight excluding hydrogens is 377 g/mol. The summed E-state index contributed by atoms with van der Waals surface area (Å²) in [6.45, 7) is 3.72. The van der Waals surface area contributed by atoms with Gasteiger partial charge in [-0.25, -0.2) is 14.4 Å². The molecule has 0 spiro atoms. The van der Waals surface area contributed by atoms with Crippen molar-refractivity contribution in [2.24, 2.45) is 10.7 Å². The van der Waals surface area contributed by atoms with E-state index in [0.29, 0.717) is 5.76 Å². The molecule has 0 saturated heterocycles. The number of amidine groups is 1. The van der Waals surface area contributed by atoms with Gasteiger partial charge in [0, 0.05) is 17.2 Å². The fourth-order valence-corrected chi connectivity index (χ4v) is 2.89. The number of benzene rings is 1. The number of nitrogens with one attached hydrogen (secondary N) is 1. The summed E-state index contributed by atoms with van der Waals surface area (Å²) in [5.74, 6) is -4.78. The number of carbonyl (C=O) groups excluding carboxylic acids is 1. The second kappa shape index (κ2) is 6.84. The van der Waals surface area contributed by atoms with Crippen molar-refractivity contribution in [3.05, 3.63) is 47.4 Å². The monoisotopic (exact) mass is 396 g/mol. The summed E-state index contributed by atoms with van der Waals surface area (Å²) in [6, 6.07) is 2.82. The molecule has 0 fully saturated rings. The van der Waals surface area contributed by atoms with E-state index in [0.717, 1.165) is 25.5 Å². The van der Waals surface area contributed by atoms with Crippen LogP contribution in [0, 0.1) is 5.82 Å². The molecule has 1 aliphatic rings. The van der Waals surface area contributed by atoms with Crippen LogP contribution in [0.5, 0.6) is 0 Å². The van der Waals surface area contributed by atoms with Crippen molar-refractivity contribution >= 4 is 17.6 Å². The molecule has 3 rings (SSSR count). The summed E-state index contributed by atoms with van der Waals surface area (Å²) in [5, 5.41) is 2.51. The van der Waals surface area contributed by atoms with Crippen molar-refractivity contribution in [2.75, 3.05) is 11.9 Å². The number of nitrogens with two attached hydrogens (primary N) is 1. The number of halogens is 3. The first-order chi connectivity index (χ1) is 13.0. The molecule has 1 aromatic heterocycles. The van der Waals surface area contributed by atoms with Crippen molar-refractivity contribution in [1.82, 2.24) is 4.98 Å². The molecule has 7 nitrogen and oxygen atoms in total. The van der Waals surface area contributed by atoms with Crippen molar-refractivity contribution < 1.29 is 27.1 Å². The number of hydrogen-bond donors (Lipinski definition) is 2. The van der Waals surface area contributed by atoms with Crippen LogP contribution in [0.15, 0.2) is 34.0 Å². The maximum absolute atomic E-state index is 14.5. The smallest absolute Gasteiger partial charge is 0.310 e. The van der Waals surface area contributed by atoms with Crippen LogP contribution >= 0.6 is 0 Å². The van der Waals surface area contributed by atoms with Crippen LogP contribution in [0.2, 0.25) is 0 Å². The van der Waals surface area contributed by atoms with Crippen LogP contribution in [0.1, 0.15) is 48.5 Å². The highest BCUT2D eigenvalue weighted by molar-refractivity contribution is 6.03. The predicted molar refractivity (Wildman–Crippen MR) is 94.8 cm³/mol. The van der Waals surface area contributed by atoms with Gasteiger partial charge in [0.1, 0.15) is 18.1 Å². The minimum atomic E-state index is -3.52. The fourth-order valence-electron chi connectivity index (χ4n) is 2.89. The molecule has 1 aromatic carbocycles. The van der Waals surface area contributed by atoms with Crippen molar-refractivity contribution in [2.45, 2.75) is 38.2 Å². The quantitative estimate of drug-likeness (QED) is 0.825. The van der Waals surface area contributed by atoms with Gasteiger partial charge in [-0.2, -0.15) is 8.78 Å². The molecule has 1 aliphatic heterocycles. The van der Waals surface area contributed by atoms with Crippen LogP contribution < -0.4 is 11.1 Å². The number of oxazole rings is 1. The van der Waals surface area contributed by atoms with Gasteiger partial charge in [-0.05, 0) is 25.1 Å². The third-order valence-electron chi connectivity index (χ3n) is 4.51. The van der Waals surface area contributed by atoms with Gasteiger partial charge in [0.2, 0.25) is 5.60 Å². The lowest BCUT2D eigenvalue weighted by Gasteiger charge is -2.39. The number of ether oxygens (including phenoxy) is 1. The highest BCUT2D eigenvalue weighted by atomic mass is 19.3. The topological polar surface area (TPSA) is 103 Å². The number of nitrogens with zero attached hydrogens (tertiary/aromatic N) is 2. The molecule has 0 unspecified atom stereocenters. The van der Waals surface area contributed by atoms with Gasteiger partial charge in [-0.3, -0.25) is 4.79 Å². The summed E-state index contributed by atoms with van der Waals surface area (Å²) in [5.41, 5.74) is 2.72. The second-order valence-corrected chi connectivity index (χ2v) is 6.86. The zero-order valence-electron chi connectivity index (χ0n) is 15.4. The first kappa shape index (κ1) is 19.7. The van der Waals surface area contributed by atoms with Gasteiger partial charge in [-0.1, -0.05) is 13.8 Å². The molecule has 1 amide bonds. The number of amides is 1.